The van der Waals surface area contributed by atoms with Crippen molar-refractivity contribution in [3.8, 4) is 0 Å². The maximum atomic E-state index is 12.8. The van der Waals surface area contributed by atoms with Crippen LogP contribution in [0.5, 0.6) is 0 Å². The van der Waals surface area contributed by atoms with Gasteiger partial charge < -0.3 is 5.32 Å². The first-order valence-corrected chi connectivity index (χ1v) is 3.47. The minimum Gasteiger partial charge on any atom is -0.368 e. The number of hydrogen-bond acceptors (Lipinski definition) is 3. The van der Waals surface area contributed by atoms with Gasteiger partial charge in [-0.05, 0) is 13.8 Å². The third-order valence-electron chi connectivity index (χ3n) is 1.21. The highest BCUT2D eigenvalue weighted by Crippen LogP contribution is 2.07. The Morgan fingerprint density at radius 2 is 2.36 bits per heavy atom. The Balaban J connectivity index is 2.93. The molecule has 60 valence electrons. The van der Waals surface area contributed by atoms with Gasteiger partial charge in [-0.15, -0.1) is 0 Å². The molecule has 1 rings (SSSR count). The molecule has 0 atom stereocenters. The molecule has 0 radical (unpaired) electrons. The summed E-state index contributed by atoms with van der Waals surface area (Å²) in [6, 6.07) is 0. The quantitative estimate of drug-likeness (QED) is 0.700. The van der Waals surface area contributed by atoms with Crippen molar-refractivity contribution in [1.82, 2.24) is 9.97 Å². The molecule has 1 heterocycles. The fourth-order valence-electron chi connectivity index (χ4n) is 0.747. The lowest BCUT2D eigenvalue weighted by atomic mass is 10.5. The van der Waals surface area contributed by atoms with Crippen LogP contribution in [0.3, 0.4) is 0 Å². The van der Waals surface area contributed by atoms with Crippen LogP contribution in [0.25, 0.3) is 0 Å². The van der Waals surface area contributed by atoms with Crippen molar-refractivity contribution >= 4 is 5.82 Å². The molecule has 0 saturated heterocycles. The SMILES string of the molecule is CCNc1nc(C)ncc1F. The predicted molar refractivity (Wildman–Crippen MR) is 40.9 cm³/mol. The maximum Gasteiger partial charge on any atom is 0.183 e. The molecule has 0 fully saturated rings. The first-order valence-electron chi connectivity index (χ1n) is 3.47. The third-order valence-corrected chi connectivity index (χ3v) is 1.21. The Morgan fingerprint density at radius 1 is 1.64 bits per heavy atom. The van der Waals surface area contributed by atoms with Gasteiger partial charge in [-0.3, -0.25) is 0 Å². The van der Waals surface area contributed by atoms with Gasteiger partial charge in [0.15, 0.2) is 11.6 Å². The topological polar surface area (TPSA) is 37.8 Å². The van der Waals surface area contributed by atoms with E-state index in [4.69, 9.17) is 0 Å². The molecule has 0 aliphatic rings. The largest absolute Gasteiger partial charge is 0.368 e. The summed E-state index contributed by atoms with van der Waals surface area (Å²) in [7, 11) is 0. The van der Waals surface area contributed by atoms with E-state index >= 15 is 0 Å². The van der Waals surface area contributed by atoms with Gasteiger partial charge in [0, 0.05) is 6.54 Å². The Hall–Kier alpha value is -1.19. The van der Waals surface area contributed by atoms with E-state index in [9.17, 15) is 4.39 Å². The monoisotopic (exact) mass is 155 g/mol. The van der Waals surface area contributed by atoms with Crippen LogP contribution in [0.4, 0.5) is 10.2 Å². The number of rotatable bonds is 2. The standard InChI is InChI=1S/C7H10FN3/c1-3-9-7-6(8)4-10-5(2)11-7/h4H,3H2,1-2H3,(H,9,10,11). The molecular weight excluding hydrogens is 145 g/mol. The lowest BCUT2D eigenvalue weighted by molar-refractivity contribution is 0.614. The van der Waals surface area contributed by atoms with E-state index < -0.39 is 5.82 Å². The predicted octanol–water partition coefficient (Wildman–Crippen LogP) is 1.36. The second kappa shape index (κ2) is 3.27. The summed E-state index contributed by atoms with van der Waals surface area (Å²) in [6.45, 7) is 4.27. The second-order valence-corrected chi connectivity index (χ2v) is 2.14. The summed E-state index contributed by atoms with van der Waals surface area (Å²) in [5, 5.41) is 2.79. The minimum absolute atomic E-state index is 0.278. The number of hydrogen-bond donors (Lipinski definition) is 1. The van der Waals surface area contributed by atoms with Gasteiger partial charge in [0.25, 0.3) is 0 Å². The highest BCUT2D eigenvalue weighted by atomic mass is 19.1. The summed E-state index contributed by atoms with van der Waals surface area (Å²) in [5.41, 5.74) is 0. The van der Waals surface area contributed by atoms with Gasteiger partial charge in [-0.25, -0.2) is 14.4 Å². The van der Waals surface area contributed by atoms with Crippen LogP contribution in [-0.2, 0) is 0 Å². The first kappa shape index (κ1) is 7.91. The number of aryl methyl sites for hydroxylation is 1. The Labute approximate surface area is 64.7 Å². The number of nitrogens with zero attached hydrogens (tertiary/aromatic N) is 2. The molecular formula is C7H10FN3. The van der Waals surface area contributed by atoms with Gasteiger partial charge >= 0.3 is 0 Å². The van der Waals surface area contributed by atoms with Crippen LogP contribution in [0.2, 0.25) is 0 Å². The Bertz CT molecular complexity index is 249. The summed E-state index contributed by atoms with van der Waals surface area (Å²) in [5.74, 6) is 0.444. The molecule has 4 heteroatoms. The zero-order valence-electron chi connectivity index (χ0n) is 6.56. The molecule has 1 aromatic rings. The molecule has 0 aromatic carbocycles. The van der Waals surface area contributed by atoms with Crippen molar-refractivity contribution in [3.63, 3.8) is 0 Å². The van der Waals surface area contributed by atoms with Crippen molar-refractivity contribution in [3.05, 3.63) is 17.8 Å². The van der Waals surface area contributed by atoms with Gasteiger partial charge in [0.05, 0.1) is 6.20 Å². The molecule has 0 spiro atoms. The van der Waals surface area contributed by atoms with Gasteiger partial charge in [-0.2, -0.15) is 0 Å². The average Bonchev–Trinajstić information content (AvgIpc) is 1.98. The number of halogens is 1. The van der Waals surface area contributed by atoms with Crippen molar-refractivity contribution in [2.24, 2.45) is 0 Å². The molecule has 3 nitrogen and oxygen atoms in total. The molecule has 1 N–H and O–H groups in total. The molecule has 1 aromatic heterocycles. The summed E-state index contributed by atoms with van der Waals surface area (Å²) in [4.78, 5) is 7.56. The van der Waals surface area contributed by atoms with E-state index in [1.165, 1.54) is 6.20 Å². The normalized spacial score (nSPS) is 9.73. The van der Waals surface area contributed by atoms with Crippen LogP contribution >= 0.6 is 0 Å². The lowest BCUT2D eigenvalue weighted by Crippen LogP contribution is -2.03. The zero-order chi connectivity index (χ0) is 8.27. The molecule has 0 unspecified atom stereocenters. The van der Waals surface area contributed by atoms with E-state index in [-0.39, 0.29) is 5.82 Å². The summed E-state index contributed by atoms with van der Waals surface area (Å²) < 4.78 is 12.8. The van der Waals surface area contributed by atoms with Crippen molar-refractivity contribution in [2.75, 3.05) is 11.9 Å². The van der Waals surface area contributed by atoms with E-state index in [1.807, 2.05) is 6.92 Å². The lowest BCUT2D eigenvalue weighted by Gasteiger charge is -2.02. The second-order valence-electron chi connectivity index (χ2n) is 2.14. The van der Waals surface area contributed by atoms with Crippen molar-refractivity contribution in [2.45, 2.75) is 13.8 Å². The number of anilines is 1. The van der Waals surface area contributed by atoms with E-state index in [0.717, 1.165) is 0 Å². The van der Waals surface area contributed by atoms with Gasteiger partial charge in [0.2, 0.25) is 0 Å². The highest BCUT2D eigenvalue weighted by Gasteiger charge is 2.01. The van der Waals surface area contributed by atoms with Crippen LogP contribution in [0.1, 0.15) is 12.7 Å². The van der Waals surface area contributed by atoms with E-state index in [2.05, 4.69) is 15.3 Å². The van der Waals surface area contributed by atoms with Crippen molar-refractivity contribution < 1.29 is 4.39 Å². The summed E-state index contributed by atoms with van der Waals surface area (Å²) in [6.07, 6.45) is 1.17. The molecule has 0 amide bonds. The first-order chi connectivity index (χ1) is 5.24. The minimum atomic E-state index is -0.405. The van der Waals surface area contributed by atoms with Crippen molar-refractivity contribution in [1.29, 1.82) is 0 Å². The van der Waals surface area contributed by atoms with Gasteiger partial charge in [0.1, 0.15) is 5.82 Å². The van der Waals surface area contributed by atoms with E-state index in [0.29, 0.717) is 12.4 Å². The molecule has 0 saturated carbocycles. The fraction of sp³-hybridized carbons (Fsp3) is 0.429. The maximum absolute atomic E-state index is 12.8. The highest BCUT2D eigenvalue weighted by molar-refractivity contribution is 5.34. The van der Waals surface area contributed by atoms with Crippen LogP contribution in [0, 0.1) is 12.7 Å². The van der Waals surface area contributed by atoms with Crippen LogP contribution < -0.4 is 5.32 Å². The zero-order valence-corrected chi connectivity index (χ0v) is 6.56. The average molecular weight is 155 g/mol. The van der Waals surface area contributed by atoms with Gasteiger partial charge in [-0.1, -0.05) is 0 Å². The summed E-state index contributed by atoms with van der Waals surface area (Å²) >= 11 is 0. The molecule has 0 aliphatic carbocycles. The number of nitrogens with one attached hydrogen (secondary N) is 1. The smallest absolute Gasteiger partial charge is 0.183 e. The van der Waals surface area contributed by atoms with Crippen LogP contribution in [0.15, 0.2) is 6.20 Å². The molecule has 0 aliphatic heterocycles. The number of aromatic nitrogens is 2. The molecule has 0 bridgehead atoms. The molecule has 11 heavy (non-hydrogen) atoms. The fourth-order valence-corrected chi connectivity index (χ4v) is 0.747. The Morgan fingerprint density at radius 3 is 3.00 bits per heavy atom. The Kier molecular flexibility index (Phi) is 2.36. The van der Waals surface area contributed by atoms with E-state index in [1.54, 1.807) is 6.92 Å². The third kappa shape index (κ3) is 1.86. The van der Waals surface area contributed by atoms with Crippen LogP contribution in [-0.4, -0.2) is 16.5 Å².